The van der Waals surface area contributed by atoms with Crippen LogP contribution in [0.5, 0.6) is 0 Å². The van der Waals surface area contributed by atoms with Crippen molar-refractivity contribution in [3.05, 3.63) is 70.7 Å². The van der Waals surface area contributed by atoms with Crippen molar-refractivity contribution in [1.29, 1.82) is 0 Å². The van der Waals surface area contributed by atoms with E-state index in [-0.39, 0.29) is 0 Å². The van der Waals surface area contributed by atoms with Gasteiger partial charge in [0.2, 0.25) is 5.90 Å². The SMILES string of the molecule is O=C(NCc1ccc(Cl)cc1)OC1=NOC2(CCN(C(=S)NCc3ccccc3)CC2)C1. The summed E-state index contributed by atoms with van der Waals surface area (Å²) in [5.74, 6) is 0.303. The maximum atomic E-state index is 12.1. The quantitative estimate of drug-likeness (QED) is 0.649. The highest BCUT2D eigenvalue weighted by molar-refractivity contribution is 7.80. The number of thiocarbonyl (C=S) groups is 1. The first-order valence-electron chi connectivity index (χ1n) is 10.5. The molecule has 0 atom stereocenters. The van der Waals surface area contributed by atoms with Crippen LogP contribution in [0.2, 0.25) is 5.02 Å². The molecule has 0 radical (unpaired) electrons. The number of hydrogen-bond acceptors (Lipinski definition) is 5. The Kier molecular flexibility index (Phi) is 7.12. The third-order valence-corrected chi connectivity index (χ3v) is 6.28. The lowest BCUT2D eigenvalue weighted by atomic mass is 9.88. The van der Waals surface area contributed by atoms with Gasteiger partial charge in [-0.15, -0.1) is 0 Å². The van der Waals surface area contributed by atoms with Crippen molar-refractivity contribution in [2.24, 2.45) is 5.16 Å². The number of ether oxygens (including phenoxy) is 1. The smallest absolute Gasteiger partial charge is 0.392 e. The average Bonchev–Trinajstić information content (AvgIpc) is 3.20. The van der Waals surface area contributed by atoms with Gasteiger partial charge in [-0.1, -0.05) is 59.2 Å². The summed E-state index contributed by atoms with van der Waals surface area (Å²) in [6.07, 6.45) is 1.42. The topological polar surface area (TPSA) is 75.2 Å². The number of amides is 1. The van der Waals surface area contributed by atoms with Crippen LogP contribution < -0.4 is 10.6 Å². The van der Waals surface area contributed by atoms with E-state index in [1.807, 2.05) is 30.3 Å². The maximum absolute atomic E-state index is 12.1. The fraction of sp³-hybridized carbons (Fsp3) is 0.348. The van der Waals surface area contributed by atoms with Crippen LogP contribution in [0.15, 0.2) is 59.8 Å². The molecule has 0 unspecified atom stereocenters. The van der Waals surface area contributed by atoms with Crippen LogP contribution in [0.25, 0.3) is 0 Å². The molecule has 0 bridgehead atoms. The number of piperidine rings is 1. The van der Waals surface area contributed by atoms with Crippen molar-refractivity contribution in [3.8, 4) is 0 Å². The second-order valence-electron chi connectivity index (χ2n) is 7.94. The molecular formula is C23H25ClN4O3S. The number of nitrogens with zero attached hydrogens (tertiary/aromatic N) is 2. The molecule has 2 aromatic carbocycles. The van der Waals surface area contributed by atoms with Gasteiger partial charge in [0.05, 0.1) is 6.42 Å². The van der Waals surface area contributed by atoms with Crippen molar-refractivity contribution in [2.75, 3.05) is 13.1 Å². The highest BCUT2D eigenvalue weighted by Gasteiger charge is 2.43. The minimum Gasteiger partial charge on any atom is -0.392 e. The number of carbonyl (C=O) groups is 1. The summed E-state index contributed by atoms with van der Waals surface area (Å²) >= 11 is 11.4. The predicted octanol–water partition coefficient (Wildman–Crippen LogP) is 4.21. The second-order valence-corrected chi connectivity index (χ2v) is 8.76. The summed E-state index contributed by atoms with van der Waals surface area (Å²) in [5.41, 5.74) is 1.68. The summed E-state index contributed by atoms with van der Waals surface area (Å²) in [7, 11) is 0. The molecule has 0 aliphatic carbocycles. The fourth-order valence-electron chi connectivity index (χ4n) is 3.73. The van der Waals surface area contributed by atoms with Crippen molar-refractivity contribution >= 4 is 40.9 Å². The largest absolute Gasteiger partial charge is 0.414 e. The molecule has 0 saturated carbocycles. The van der Waals surface area contributed by atoms with Crippen LogP contribution in [-0.4, -0.2) is 40.7 Å². The summed E-state index contributed by atoms with van der Waals surface area (Å²) in [6.45, 7) is 2.56. The molecule has 2 aliphatic heterocycles. The Morgan fingerprint density at radius 2 is 1.72 bits per heavy atom. The lowest BCUT2D eigenvalue weighted by Crippen LogP contribution is -2.49. The number of oxime groups is 1. The zero-order chi connectivity index (χ0) is 22.4. The minimum absolute atomic E-state index is 0.303. The summed E-state index contributed by atoms with van der Waals surface area (Å²) < 4.78 is 5.34. The Morgan fingerprint density at radius 1 is 1.06 bits per heavy atom. The molecule has 2 aliphatic rings. The van der Waals surface area contributed by atoms with Crippen LogP contribution in [0.1, 0.15) is 30.4 Å². The molecule has 32 heavy (non-hydrogen) atoms. The van der Waals surface area contributed by atoms with Crippen LogP contribution in [0.4, 0.5) is 4.79 Å². The van der Waals surface area contributed by atoms with E-state index >= 15 is 0 Å². The van der Waals surface area contributed by atoms with E-state index in [1.165, 1.54) is 5.56 Å². The van der Waals surface area contributed by atoms with E-state index in [0.717, 1.165) is 36.6 Å². The second kappa shape index (κ2) is 10.2. The summed E-state index contributed by atoms with van der Waals surface area (Å²) in [5, 5.41) is 11.4. The van der Waals surface area contributed by atoms with Crippen molar-refractivity contribution in [2.45, 2.75) is 38.0 Å². The predicted molar refractivity (Wildman–Crippen MR) is 127 cm³/mol. The molecule has 1 saturated heterocycles. The summed E-state index contributed by atoms with van der Waals surface area (Å²) in [4.78, 5) is 20.0. The lowest BCUT2D eigenvalue weighted by Gasteiger charge is -2.38. The van der Waals surface area contributed by atoms with E-state index in [1.54, 1.807) is 12.1 Å². The van der Waals surface area contributed by atoms with Gasteiger partial charge in [0.15, 0.2) is 5.11 Å². The molecule has 1 fully saturated rings. The Bertz CT molecular complexity index is 976. The number of nitrogens with one attached hydrogen (secondary N) is 2. The molecule has 9 heteroatoms. The number of benzene rings is 2. The fourth-order valence-corrected chi connectivity index (χ4v) is 4.11. The van der Waals surface area contributed by atoms with Crippen molar-refractivity contribution in [3.63, 3.8) is 0 Å². The maximum Gasteiger partial charge on any atom is 0.414 e. The summed E-state index contributed by atoms with van der Waals surface area (Å²) in [6, 6.07) is 17.4. The number of halogens is 1. The van der Waals surface area contributed by atoms with Crippen LogP contribution >= 0.6 is 23.8 Å². The molecule has 1 spiro atoms. The third-order valence-electron chi connectivity index (χ3n) is 5.62. The van der Waals surface area contributed by atoms with Gasteiger partial charge in [0.25, 0.3) is 0 Å². The van der Waals surface area contributed by atoms with Crippen molar-refractivity contribution in [1.82, 2.24) is 15.5 Å². The number of hydrogen-bond donors (Lipinski definition) is 2. The van der Waals surface area contributed by atoms with E-state index < -0.39 is 11.7 Å². The molecule has 7 nitrogen and oxygen atoms in total. The number of carbonyl (C=O) groups excluding carboxylic acids is 1. The van der Waals surface area contributed by atoms with E-state index in [4.69, 9.17) is 33.4 Å². The normalized spacial score (nSPS) is 16.8. The zero-order valence-corrected chi connectivity index (χ0v) is 19.1. The molecule has 4 rings (SSSR count). The first-order chi connectivity index (χ1) is 15.5. The first-order valence-corrected chi connectivity index (χ1v) is 11.3. The van der Waals surface area contributed by atoms with Crippen molar-refractivity contribution < 1.29 is 14.4 Å². The highest BCUT2D eigenvalue weighted by Crippen LogP contribution is 2.35. The molecule has 2 heterocycles. The molecule has 2 aromatic rings. The molecular weight excluding hydrogens is 448 g/mol. The molecule has 1 amide bonds. The molecule has 168 valence electrons. The third kappa shape index (κ3) is 5.89. The Morgan fingerprint density at radius 3 is 2.44 bits per heavy atom. The lowest BCUT2D eigenvalue weighted by molar-refractivity contribution is -0.0524. The van der Waals surface area contributed by atoms with Gasteiger partial charge in [-0.3, -0.25) is 0 Å². The van der Waals surface area contributed by atoms with Gasteiger partial charge >= 0.3 is 6.09 Å². The number of rotatable bonds is 4. The van der Waals surface area contributed by atoms with Gasteiger partial charge in [0, 0.05) is 44.0 Å². The molecule has 2 N–H and O–H groups in total. The highest BCUT2D eigenvalue weighted by atomic mass is 35.5. The van der Waals surface area contributed by atoms with Gasteiger partial charge in [-0.05, 0) is 35.5 Å². The molecule has 0 aromatic heterocycles. The number of likely N-dealkylation sites (tertiary alicyclic amines) is 1. The van der Waals surface area contributed by atoms with Gasteiger partial charge in [-0.2, -0.15) is 0 Å². The van der Waals surface area contributed by atoms with Gasteiger partial charge in [-0.25, -0.2) is 4.79 Å². The Labute approximate surface area is 197 Å². The Balaban J connectivity index is 1.18. The van der Waals surface area contributed by atoms with Crippen LogP contribution in [-0.2, 0) is 22.7 Å². The van der Waals surface area contributed by atoms with E-state index in [0.29, 0.717) is 30.4 Å². The monoisotopic (exact) mass is 472 g/mol. The average molecular weight is 473 g/mol. The van der Waals surface area contributed by atoms with Crippen LogP contribution in [0.3, 0.4) is 0 Å². The first kappa shape index (κ1) is 22.4. The zero-order valence-electron chi connectivity index (χ0n) is 17.6. The number of alkyl carbamates (subject to hydrolysis) is 1. The minimum atomic E-state index is -0.553. The Hall–Kier alpha value is -2.84. The van der Waals surface area contributed by atoms with E-state index in [2.05, 4.69) is 32.8 Å². The van der Waals surface area contributed by atoms with E-state index in [9.17, 15) is 4.79 Å². The van der Waals surface area contributed by atoms with Gasteiger partial charge in [0.1, 0.15) is 5.60 Å². The standard InChI is InChI=1S/C23H25ClN4O3S/c24-19-8-6-18(7-9-19)16-26-22(29)30-20-14-23(31-27-20)10-12-28(13-11-23)21(32)25-15-17-4-2-1-3-5-17/h1-9H,10-16H2,(H,25,32)(H,26,29). The van der Waals surface area contributed by atoms with Gasteiger partial charge < -0.3 is 25.1 Å². The van der Waals surface area contributed by atoms with Crippen LogP contribution in [0, 0.1) is 0 Å².